The molecule has 0 saturated heterocycles. The molecule has 0 fully saturated rings. The van der Waals surface area contributed by atoms with Crippen LogP contribution in [-0.2, 0) is 4.79 Å². The molecule has 0 aromatic heterocycles. The maximum Gasteiger partial charge on any atom is 0.311 e. The van der Waals surface area contributed by atoms with Gasteiger partial charge in [0.1, 0.15) is 5.82 Å². The molecule has 0 bridgehead atoms. The number of carboxylic acid groups (broad SMARTS) is 1. The normalized spacial score (nSPS) is 12.7. The predicted molar refractivity (Wildman–Crippen MR) is 65.5 cm³/mol. The van der Waals surface area contributed by atoms with Gasteiger partial charge in [-0.25, -0.2) is 4.39 Å². The highest BCUT2D eigenvalue weighted by Crippen LogP contribution is 2.25. The Morgan fingerprint density at radius 3 is 2.47 bits per heavy atom. The monoisotopic (exact) mass is 238 g/mol. The maximum absolute atomic E-state index is 13.5. The molecule has 0 spiro atoms. The fraction of sp³-hybridized carbons (Fsp3) is 0.500. The summed E-state index contributed by atoms with van der Waals surface area (Å²) in [7, 11) is 0. The molecule has 0 aliphatic carbocycles. The second-order valence-corrected chi connectivity index (χ2v) is 4.74. The standard InChI is InChI=1S/C14H19FO2/c1-10(2)6-5-8-12(14(16)17)11-7-3-4-9-13(11)15/h3-4,7,9-10,12H,5-6,8H2,1-2H3,(H,16,17). The number of aliphatic carboxylic acids is 1. The summed E-state index contributed by atoms with van der Waals surface area (Å²) in [4.78, 5) is 11.2. The molecule has 94 valence electrons. The smallest absolute Gasteiger partial charge is 0.311 e. The maximum atomic E-state index is 13.5. The van der Waals surface area contributed by atoms with Gasteiger partial charge in [-0.3, -0.25) is 4.79 Å². The van der Waals surface area contributed by atoms with Crippen LogP contribution in [0, 0.1) is 11.7 Å². The second-order valence-electron chi connectivity index (χ2n) is 4.74. The van der Waals surface area contributed by atoms with Gasteiger partial charge in [-0.1, -0.05) is 44.9 Å². The van der Waals surface area contributed by atoms with Gasteiger partial charge in [0.05, 0.1) is 5.92 Å². The number of halogens is 1. The van der Waals surface area contributed by atoms with Crippen molar-refractivity contribution in [3.63, 3.8) is 0 Å². The molecule has 1 aromatic rings. The zero-order valence-corrected chi connectivity index (χ0v) is 10.3. The largest absolute Gasteiger partial charge is 0.481 e. The van der Waals surface area contributed by atoms with Crippen LogP contribution in [0.25, 0.3) is 0 Å². The van der Waals surface area contributed by atoms with E-state index in [-0.39, 0.29) is 0 Å². The Kier molecular flexibility index (Phi) is 5.13. The lowest BCUT2D eigenvalue weighted by atomic mass is 9.92. The Morgan fingerprint density at radius 1 is 1.29 bits per heavy atom. The molecule has 1 aromatic carbocycles. The van der Waals surface area contributed by atoms with Crippen LogP contribution < -0.4 is 0 Å². The Labute approximate surface area is 101 Å². The molecule has 17 heavy (non-hydrogen) atoms. The van der Waals surface area contributed by atoms with Crippen molar-refractivity contribution in [2.24, 2.45) is 5.92 Å². The summed E-state index contributed by atoms with van der Waals surface area (Å²) in [5, 5.41) is 9.15. The molecule has 0 aliphatic heterocycles. The van der Waals surface area contributed by atoms with Crippen LogP contribution in [0.5, 0.6) is 0 Å². The average Bonchev–Trinajstić information content (AvgIpc) is 2.25. The fourth-order valence-corrected chi connectivity index (χ4v) is 1.90. The molecule has 0 saturated carbocycles. The molecule has 2 nitrogen and oxygen atoms in total. The van der Waals surface area contributed by atoms with Crippen LogP contribution >= 0.6 is 0 Å². The Bertz CT molecular complexity index is 374. The van der Waals surface area contributed by atoms with Crippen molar-refractivity contribution in [1.82, 2.24) is 0 Å². The van der Waals surface area contributed by atoms with Gasteiger partial charge >= 0.3 is 5.97 Å². The van der Waals surface area contributed by atoms with Gasteiger partial charge in [0.15, 0.2) is 0 Å². The molecule has 1 unspecified atom stereocenters. The van der Waals surface area contributed by atoms with E-state index in [1.54, 1.807) is 18.2 Å². The van der Waals surface area contributed by atoms with Gasteiger partial charge in [0, 0.05) is 5.56 Å². The highest BCUT2D eigenvalue weighted by Gasteiger charge is 2.22. The Morgan fingerprint density at radius 2 is 1.94 bits per heavy atom. The van der Waals surface area contributed by atoms with Crippen molar-refractivity contribution < 1.29 is 14.3 Å². The molecule has 0 radical (unpaired) electrons. The molecule has 0 amide bonds. The van der Waals surface area contributed by atoms with Crippen LogP contribution in [0.15, 0.2) is 24.3 Å². The van der Waals surface area contributed by atoms with E-state index in [1.807, 2.05) is 0 Å². The van der Waals surface area contributed by atoms with E-state index in [1.165, 1.54) is 6.07 Å². The molecular weight excluding hydrogens is 219 g/mol. The number of carboxylic acids is 1. The minimum Gasteiger partial charge on any atom is -0.481 e. The minimum atomic E-state index is -0.946. The summed E-state index contributed by atoms with van der Waals surface area (Å²) in [5.74, 6) is -1.55. The van der Waals surface area contributed by atoms with Crippen molar-refractivity contribution in [2.45, 2.75) is 39.0 Å². The summed E-state index contributed by atoms with van der Waals surface area (Å²) < 4.78 is 13.5. The van der Waals surface area contributed by atoms with E-state index in [0.29, 0.717) is 17.9 Å². The summed E-state index contributed by atoms with van der Waals surface area (Å²) in [5.41, 5.74) is 0.295. The third-order valence-electron chi connectivity index (χ3n) is 2.85. The third kappa shape index (κ3) is 4.17. The minimum absolute atomic E-state index is 0.295. The van der Waals surface area contributed by atoms with Crippen molar-refractivity contribution in [2.75, 3.05) is 0 Å². The van der Waals surface area contributed by atoms with E-state index >= 15 is 0 Å². The molecular formula is C14H19FO2. The van der Waals surface area contributed by atoms with Gasteiger partial charge in [-0.05, 0) is 18.4 Å². The molecule has 1 rings (SSSR count). The first-order valence-corrected chi connectivity index (χ1v) is 5.99. The Balaban J connectivity index is 2.73. The summed E-state index contributed by atoms with van der Waals surface area (Å²) in [6.07, 6.45) is 2.27. The van der Waals surface area contributed by atoms with Crippen molar-refractivity contribution >= 4 is 5.97 Å². The van der Waals surface area contributed by atoms with Gasteiger partial charge in [-0.15, -0.1) is 0 Å². The van der Waals surface area contributed by atoms with E-state index in [4.69, 9.17) is 5.11 Å². The van der Waals surface area contributed by atoms with Gasteiger partial charge in [0.2, 0.25) is 0 Å². The number of hydrogen-bond acceptors (Lipinski definition) is 1. The molecule has 3 heteroatoms. The molecule has 1 atom stereocenters. The SMILES string of the molecule is CC(C)CCCC(C(=O)O)c1ccccc1F. The zero-order chi connectivity index (χ0) is 12.8. The van der Waals surface area contributed by atoms with Crippen LogP contribution in [-0.4, -0.2) is 11.1 Å². The summed E-state index contributed by atoms with van der Waals surface area (Å²) in [6, 6.07) is 6.12. The number of benzene rings is 1. The number of carbonyl (C=O) groups is 1. The third-order valence-corrected chi connectivity index (χ3v) is 2.85. The highest BCUT2D eigenvalue weighted by atomic mass is 19.1. The lowest BCUT2D eigenvalue weighted by Crippen LogP contribution is -2.13. The summed E-state index contributed by atoms with van der Waals surface area (Å²) >= 11 is 0. The average molecular weight is 238 g/mol. The van der Waals surface area contributed by atoms with E-state index in [0.717, 1.165) is 12.8 Å². The zero-order valence-electron chi connectivity index (χ0n) is 10.3. The van der Waals surface area contributed by atoms with Crippen LogP contribution in [0.2, 0.25) is 0 Å². The first kappa shape index (κ1) is 13.7. The van der Waals surface area contributed by atoms with Crippen molar-refractivity contribution in [3.05, 3.63) is 35.6 Å². The van der Waals surface area contributed by atoms with Crippen LogP contribution in [0.1, 0.15) is 44.6 Å². The van der Waals surface area contributed by atoms with Crippen molar-refractivity contribution in [3.8, 4) is 0 Å². The highest BCUT2D eigenvalue weighted by molar-refractivity contribution is 5.76. The lowest BCUT2D eigenvalue weighted by molar-refractivity contribution is -0.139. The Hall–Kier alpha value is -1.38. The quantitative estimate of drug-likeness (QED) is 0.818. The molecule has 0 heterocycles. The predicted octanol–water partition coefficient (Wildman–Crippen LogP) is 3.82. The van der Waals surface area contributed by atoms with E-state index in [2.05, 4.69) is 13.8 Å². The van der Waals surface area contributed by atoms with Crippen LogP contribution in [0.4, 0.5) is 4.39 Å². The topological polar surface area (TPSA) is 37.3 Å². The number of rotatable bonds is 6. The lowest BCUT2D eigenvalue weighted by Gasteiger charge is -2.14. The molecule has 1 N–H and O–H groups in total. The van der Waals surface area contributed by atoms with E-state index < -0.39 is 17.7 Å². The second kappa shape index (κ2) is 6.38. The molecule has 0 aliphatic rings. The fourth-order valence-electron chi connectivity index (χ4n) is 1.90. The first-order valence-electron chi connectivity index (χ1n) is 5.99. The van der Waals surface area contributed by atoms with Gasteiger partial charge in [0.25, 0.3) is 0 Å². The van der Waals surface area contributed by atoms with Crippen LogP contribution in [0.3, 0.4) is 0 Å². The van der Waals surface area contributed by atoms with Gasteiger partial charge in [-0.2, -0.15) is 0 Å². The first-order chi connectivity index (χ1) is 8.02. The van der Waals surface area contributed by atoms with E-state index in [9.17, 15) is 9.18 Å². The summed E-state index contributed by atoms with van der Waals surface area (Å²) in [6.45, 7) is 4.19. The van der Waals surface area contributed by atoms with Gasteiger partial charge < -0.3 is 5.11 Å². The number of hydrogen-bond donors (Lipinski definition) is 1. The van der Waals surface area contributed by atoms with Crippen molar-refractivity contribution in [1.29, 1.82) is 0 Å².